The Labute approximate surface area is 365 Å². The molecule has 0 amide bonds. The zero-order valence-corrected chi connectivity index (χ0v) is 34.4. The van der Waals surface area contributed by atoms with Gasteiger partial charge in [-0.25, -0.2) is 19.9 Å². The highest BCUT2D eigenvalue weighted by molar-refractivity contribution is 7.00. The molecule has 3 heterocycles. The van der Waals surface area contributed by atoms with Crippen molar-refractivity contribution in [2.75, 3.05) is 0 Å². The van der Waals surface area contributed by atoms with Crippen LogP contribution >= 0.6 is 11.7 Å². The molecule has 3 aromatic heterocycles. The molecule has 0 spiro atoms. The summed E-state index contributed by atoms with van der Waals surface area (Å²) in [4.78, 5) is 21.4. The largest absolute Gasteiger partial charge is 0.247 e. The van der Waals surface area contributed by atoms with Gasteiger partial charge in [0.2, 0.25) is 0 Å². The van der Waals surface area contributed by atoms with Gasteiger partial charge in [-0.1, -0.05) is 164 Å². The summed E-state index contributed by atoms with van der Waals surface area (Å²) in [5.74, 6) is 1.81. The van der Waals surface area contributed by atoms with Gasteiger partial charge in [-0.15, -0.1) is 0 Å². The molecule has 0 saturated heterocycles. The lowest BCUT2D eigenvalue weighted by atomic mass is 9.93. The standard InChI is InChI=1S/C56H32N6S/c1-2-15-33(16-3-1)51-48-32-45(52-53(62-63-61-52)50(48)44-27-12-13-28-49(44)57-51)34-19-14-20-37(29-34)54-58-55(46-30-35-17-4-6-21-38(35)40-23-8-10-25-42(40)46)60-56(59-54)47-31-36-18-5-7-22-39(36)41-24-9-11-26-43(41)47/h1-32H. The molecule has 0 N–H and O–H groups in total. The Morgan fingerprint density at radius 1 is 0.302 bits per heavy atom. The average molecular weight is 821 g/mol. The number of fused-ring (bicyclic) bond motifs is 11. The zero-order valence-electron chi connectivity index (χ0n) is 33.6. The Hall–Kier alpha value is -8.26. The molecule has 63 heavy (non-hydrogen) atoms. The van der Waals surface area contributed by atoms with Crippen LogP contribution in [0.25, 0.3) is 132 Å². The third-order valence-electron chi connectivity index (χ3n) is 12.3. The minimum atomic E-state index is 0.581. The van der Waals surface area contributed by atoms with Crippen molar-refractivity contribution in [1.82, 2.24) is 28.7 Å². The van der Waals surface area contributed by atoms with E-state index >= 15 is 0 Å². The molecule has 0 fully saturated rings. The number of rotatable bonds is 5. The van der Waals surface area contributed by atoms with E-state index in [4.69, 9.17) is 28.7 Å². The molecule has 0 saturated carbocycles. The lowest BCUT2D eigenvalue weighted by Crippen LogP contribution is -2.01. The SMILES string of the molecule is c1ccc(-c2nc3ccccc3c3c2cc(-c2cccc(-c4nc(-c5cc6ccccc6c6ccccc56)nc(-c5cc6ccccc6c6ccccc56)n4)c2)c2nsnc23)cc1. The monoisotopic (exact) mass is 820 g/mol. The highest BCUT2D eigenvalue weighted by atomic mass is 32.1. The van der Waals surface area contributed by atoms with Crippen molar-refractivity contribution in [1.29, 1.82) is 0 Å². The summed E-state index contributed by atoms with van der Waals surface area (Å²) >= 11 is 1.24. The fourth-order valence-electron chi connectivity index (χ4n) is 9.45. The minimum Gasteiger partial charge on any atom is -0.247 e. The summed E-state index contributed by atoms with van der Waals surface area (Å²) in [6.07, 6.45) is 0. The van der Waals surface area contributed by atoms with Crippen LogP contribution in [-0.2, 0) is 0 Å². The molecule has 13 rings (SSSR count). The number of hydrogen-bond donors (Lipinski definition) is 0. The predicted octanol–water partition coefficient (Wildman–Crippen LogP) is 14.5. The number of benzene rings is 10. The van der Waals surface area contributed by atoms with Gasteiger partial charge in [-0.3, -0.25) is 0 Å². The normalized spacial score (nSPS) is 11.8. The fourth-order valence-corrected chi connectivity index (χ4v) is 10.0. The Morgan fingerprint density at radius 3 is 1.48 bits per heavy atom. The van der Waals surface area contributed by atoms with Gasteiger partial charge in [-0.05, 0) is 79.0 Å². The summed E-state index contributed by atoms with van der Waals surface area (Å²) in [5, 5.41) is 12.2. The molecule has 292 valence electrons. The van der Waals surface area contributed by atoms with E-state index in [2.05, 4.69) is 182 Å². The van der Waals surface area contributed by atoms with Gasteiger partial charge in [0.25, 0.3) is 0 Å². The van der Waals surface area contributed by atoms with E-state index in [-0.39, 0.29) is 0 Å². The minimum absolute atomic E-state index is 0.581. The van der Waals surface area contributed by atoms with E-state index in [1.165, 1.54) is 22.5 Å². The Morgan fingerprint density at radius 2 is 0.810 bits per heavy atom. The maximum Gasteiger partial charge on any atom is 0.164 e. The van der Waals surface area contributed by atoms with Crippen LogP contribution in [0.1, 0.15) is 0 Å². The number of aromatic nitrogens is 6. The highest BCUT2D eigenvalue weighted by Crippen LogP contribution is 2.43. The maximum atomic E-state index is 5.38. The molecule has 0 aliphatic carbocycles. The van der Waals surface area contributed by atoms with Gasteiger partial charge in [0.15, 0.2) is 17.5 Å². The highest BCUT2D eigenvalue weighted by Gasteiger charge is 2.22. The smallest absolute Gasteiger partial charge is 0.164 e. The van der Waals surface area contributed by atoms with Crippen LogP contribution in [0, 0.1) is 0 Å². The predicted molar refractivity (Wildman–Crippen MR) is 261 cm³/mol. The van der Waals surface area contributed by atoms with Crippen molar-refractivity contribution in [2.24, 2.45) is 0 Å². The molecule has 0 atom stereocenters. The Kier molecular flexibility index (Phi) is 7.98. The first-order chi connectivity index (χ1) is 31.2. The Balaban J connectivity index is 1.07. The van der Waals surface area contributed by atoms with Gasteiger partial charge in [-0.2, -0.15) is 8.75 Å². The lowest BCUT2D eigenvalue weighted by Gasteiger charge is -2.15. The van der Waals surface area contributed by atoms with Crippen molar-refractivity contribution in [3.63, 3.8) is 0 Å². The molecule has 0 unspecified atom stereocenters. The van der Waals surface area contributed by atoms with E-state index in [0.717, 1.165) is 104 Å². The van der Waals surface area contributed by atoms with Crippen molar-refractivity contribution in [2.45, 2.75) is 0 Å². The van der Waals surface area contributed by atoms with Crippen molar-refractivity contribution < 1.29 is 0 Å². The second-order valence-electron chi connectivity index (χ2n) is 15.9. The maximum absolute atomic E-state index is 5.38. The number of para-hydroxylation sites is 1. The zero-order chi connectivity index (χ0) is 41.4. The first kappa shape index (κ1) is 35.5. The van der Waals surface area contributed by atoms with Gasteiger partial charge >= 0.3 is 0 Å². The second kappa shape index (κ2) is 14.2. The third-order valence-corrected chi connectivity index (χ3v) is 12.9. The summed E-state index contributed by atoms with van der Waals surface area (Å²) in [6, 6.07) is 68.0. The van der Waals surface area contributed by atoms with Gasteiger partial charge in [0, 0.05) is 44.0 Å². The molecule has 10 aromatic carbocycles. The van der Waals surface area contributed by atoms with Gasteiger partial charge < -0.3 is 0 Å². The lowest BCUT2D eigenvalue weighted by molar-refractivity contribution is 1.08. The van der Waals surface area contributed by atoms with E-state index in [9.17, 15) is 0 Å². The topological polar surface area (TPSA) is 77.3 Å². The van der Waals surface area contributed by atoms with E-state index in [1.54, 1.807) is 0 Å². The van der Waals surface area contributed by atoms with Crippen LogP contribution in [0.4, 0.5) is 0 Å². The van der Waals surface area contributed by atoms with Crippen LogP contribution in [-0.4, -0.2) is 28.7 Å². The molecular weight excluding hydrogens is 789 g/mol. The molecule has 0 bridgehead atoms. The summed E-state index contributed by atoms with van der Waals surface area (Å²) < 4.78 is 9.89. The van der Waals surface area contributed by atoms with Crippen LogP contribution < -0.4 is 0 Å². The molecule has 7 heteroatoms. The van der Waals surface area contributed by atoms with Crippen LogP contribution in [0.3, 0.4) is 0 Å². The fraction of sp³-hybridized carbons (Fsp3) is 0. The van der Waals surface area contributed by atoms with Crippen molar-refractivity contribution in [3.8, 4) is 56.5 Å². The first-order valence-electron chi connectivity index (χ1n) is 21.0. The number of pyridine rings is 1. The van der Waals surface area contributed by atoms with Gasteiger partial charge in [0.1, 0.15) is 11.0 Å². The molecule has 13 aromatic rings. The number of nitrogens with zero attached hydrogens (tertiary/aromatic N) is 6. The van der Waals surface area contributed by atoms with E-state index in [1.807, 2.05) is 12.1 Å². The third kappa shape index (κ3) is 5.71. The first-order valence-corrected chi connectivity index (χ1v) is 21.7. The summed E-state index contributed by atoms with van der Waals surface area (Å²) in [6.45, 7) is 0. The summed E-state index contributed by atoms with van der Waals surface area (Å²) in [7, 11) is 0. The second-order valence-corrected chi connectivity index (χ2v) is 16.4. The molecule has 0 radical (unpaired) electrons. The van der Waals surface area contributed by atoms with Crippen LogP contribution in [0.15, 0.2) is 194 Å². The Bertz CT molecular complexity index is 3850. The summed E-state index contributed by atoms with van der Waals surface area (Å²) in [5.41, 5.74) is 9.32. The quantitative estimate of drug-likeness (QED) is 0.161. The molecular formula is C56H32N6S. The molecule has 0 aliphatic rings. The molecule has 6 nitrogen and oxygen atoms in total. The van der Waals surface area contributed by atoms with Crippen molar-refractivity contribution in [3.05, 3.63) is 194 Å². The van der Waals surface area contributed by atoms with E-state index in [0.29, 0.717) is 17.5 Å². The van der Waals surface area contributed by atoms with Gasteiger partial charge in [0.05, 0.1) is 22.9 Å². The van der Waals surface area contributed by atoms with Crippen molar-refractivity contribution >= 4 is 87.5 Å². The molecule has 0 aliphatic heterocycles. The average Bonchev–Trinajstić information content (AvgIpc) is 3.86. The van der Waals surface area contributed by atoms with Crippen LogP contribution in [0.2, 0.25) is 0 Å². The van der Waals surface area contributed by atoms with E-state index < -0.39 is 0 Å². The van der Waals surface area contributed by atoms with Crippen LogP contribution in [0.5, 0.6) is 0 Å². The number of hydrogen-bond acceptors (Lipinski definition) is 7.